The highest BCUT2D eigenvalue weighted by Gasteiger charge is 2.47. The Bertz CT molecular complexity index is 584. The van der Waals surface area contributed by atoms with Crippen LogP contribution in [0.5, 0.6) is 0 Å². The number of methoxy groups -OCH3 is 1. The lowest BCUT2D eigenvalue weighted by Crippen LogP contribution is -2.57. The molecule has 0 atom stereocenters. The van der Waals surface area contributed by atoms with Crippen molar-refractivity contribution in [3.63, 3.8) is 0 Å². The number of rotatable bonds is 6. The summed E-state index contributed by atoms with van der Waals surface area (Å²) in [7, 11) is 1.46. The van der Waals surface area contributed by atoms with Crippen LogP contribution in [-0.4, -0.2) is 60.9 Å². The van der Waals surface area contributed by atoms with E-state index in [1.165, 1.54) is 24.0 Å². The fourth-order valence-electron chi connectivity index (χ4n) is 3.93. The van der Waals surface area contributed by atoms with Gasteiger partial charge in [-0.1, -0.05) is 32.0 Å². The van der Waals surface area contributed by atoms with Crippen LogP contribution in [0.15, 0.2) is 29.2 Å². The van der Waals surface area contributed by atoms with Gasteiger partial charge in [0.1, 0.15) is 0 Å². The molecule has 1 aromatic carbocycles. The summed E-state index contributed by atoms with van der Waals surface area (Å²) >= 11 is 1.95. The van der Waals surface area contributed by atoms with E-state index >= 15 is 0 Å². The molecule has 0 amide bonds. The molecule has 2 saturated heterocycles. The standard InChI is InChI=1S/C19H28N2O2S/c1-15(2)24-17-7-5-4-6-16(17)10-21-13-19(14-21)8-9-20(12-19)11-18(22)23-3/h4-7,15H,8-14H2,1-3H3. The van der Waals surface area contributed by atoms with Crippen molar-refractivity contribution in [2.45, 2.75) is 37.0 Å². The second-order valence-corrected chi connectivity index (χ2v) is 9.07. The Morgan fingerprint density at radius 2 is 1.96 bits per heavy atom. The molecule has 3 rings (SSSR count). The van der Waals surface area contributed by atoms with Gasteiger partial charge in [0, 0.05) is 41.7 Å². The van der Waals surface area contributed by atoms with Crippen LogP contribution < -0.4 is 0 Å². The lowest BCUT2D eigenvalue weighted by Gasteiger charge is -2.48. The minimum atomic E-state index is -0.122. The van der Waals surface area contributed by atoms with Crippen LogP contribution in [0.1, 0.15) is 25.8 Å². The van der Waals surface area contributed by atoms with Gasteiger partial charge in [-0.2, -0.15) is 0 Å². The van der Waals surface area contributed by atoms with Crippen molar-refractivity contribution in [3.8, 4) is 0 Å². The van der Waals surface area contributed by atoms with Crippen molar-refractivity contribution in [2.75, 3.05) is 39.8 Å². The molecule has 0 aliphatic carbocycles. The predicted molar refractivity (Wildman–Crippen MR) is 98.2 cm³/mol. The Morgan fingerprint density at radius 3 is 2.67 bits per heavy atom. The molecule has 0 radical (unpaired) electrons. The van der Waals surface area contributed by atoms with Crippen molar-refractivity contribution < 1.29 is 9.53 Å². The predicted octanol–water partition coefficient (Wildman–Crippen LogP) is 2.87. The van der Waals surface area contributed by atoms with E-state index in [0.29, 0.717) is 17.2 Å². The van der Waals surface area contributed by atoms with Crippen molar-refractivity contribution in [2.24, 2.45) is 5.41 Å². The molecule has 0 aromatic heterocycles. The number of esters is 1. The number of ether oxygens (including phenoxy) is 1. The first-order valence-electron chi connectivity index (χ1n) is 8.76. The van der Waals surface area contributed by atoms with Gasteiger partial charge in [-0.15, -0.1) is 11.8 Å². The number of thioether (sulfide) groups is 1. The molecule has 24 heavy (non-hydrogen) atoms. The molecule has 0 N–H and O–H groups in total. The van der Waals surface area contributed by atoms with E-state index in [9.17, 15) is 4.79 Å². The van der Waals surface area contributed by atoms with E-state index in [2.05, 4.69) is 47.9 Å². The Hall–Kier alpha value is -1.04. The van der Waals surface area contributed by atoms with Crippen LogP contribution >= 0.6 is 11.8 Å². The van der Waals surface area contributed by atoms with Gasteiger partial charge in [0.05, 0.1) is 13.7 Å². The summed E-state index contributed by atoms with van der Waals surface area (Å²) in [5.41, 5.74) is 1.84. The maximum atomic E-state index is 11.4. The Kier molecular flexibility index (Phi) is 5.52. The lowest BCUT2D eigenvalue weighted by molar-refractivity contribution is -0.141. The zero-order chi connectivity index (χ0) is 17.2. The number of carbonyl (C=O) groups excluding carboxylic acids is 1. The second-order valence-electron chi connectivity index (χ2n) is 7.46. The van der Waals surface area contributed by atoms with Crippen LogP contribution in [0.2, 0.25) is 0 Å². The molecule has 1 spiro atoms. The van der Waals surface area contributed by atoms with Crippen molar-refractivity contribution in [3.05, 3.63) is 29.8 Å². The van der Waals surface area contributed by atoms with Gasteiger partial charge in [0.2, 0.25) is 0 Å². The van der Waals surface area contributed by atoms with Crippen LogP contribution in [0.3, 0.4) is 0 Å². The lowest BCUT2D eigenvalue weighted by atomic mass is 9.79. The fourth-order valence-corrected chi connectivity index (χ4v) is 4.88. The summed E-state index contributed by atoms with van der Waals surface area (Å²) in [5, 5.41) is 0.607. The quantitative estimate of drug-likeness (QED) is 0.583. The highest BCUT2D eigenvalue weighted by atomic mass is 32.2. The monoisotopic (exact) mass is 348 g/mol. The smallest absolute Gasteiger partial charge is 0.319 e. The largest absolute Gasteiger partial charge is 0.468 e. The van der Waals surface area contributed by atoms with Crippen molar-refractivity contribution in [1.29, 1.82) is 0 Å². The van der Waals surface area contributed by atoms with Gasteiger partial charge in [0.15, 0.2) is 0 Å². The van der Waals surface area contributed by atoms with E-state index in [4.69, 9.17) is 4.74 Å². The molecular formula is C19H28N2O2S. The average molecular weight is 349 g/mol. The summed E-state index contributed by atoms with van der Waals surface area (Å²) in [5.74, 6) is -0.122. The van der Waals surface area contributed by atoms with Gasteiger partial charge in [-0.25, -0.2) is 0 Å². The first-order valence-corrected chi connectivity index (χ1v) is 9.64. The van der Waals surface area contributed by atoms with E-state index in [1.54, 1.807) is 0 Å². The first-order chi connectivity index (χ1) is 11.5. The molecule has 1 aromatic rings. The summed E-state index contributed by atoms with van der Waals surface area (Å²) in [6, 6.07) is 8.77. The molecule has 0 saturated carbocycles. The fraction of sp³-hybridized carbons (Fsp3) is 0.632. The van der Waals surface area contributed by atoms with E-state index < -0.39 is 0 Å². The average Bonchev–Trinajstić information content (AvgIpc) is 2.92. The molecule has 2 aliphatic heterocycles. The molecule has 5 heteroatoms. The molecule has 2 fully saturated rings. The molecule has 0 bridgehead atoms. The van der Waals surface area contributed by atoms with Gasteiger partial charge >= 0.3 is 5.97 Å². The minimum Gasteiger partial charge on any atom is -0.468 e. The third-order valence-electron chi connectivity index (χ3n) is 4.95. The van der Waals surface area contributed by atoms with Crippen LogP contribution in [-0.2, 0) is 16.1 Å². The SMILES string of the molecule is COC(=O)CN1CCC2(C1)CN(Cc1ccccc1SC(C)C)C2. The van der Waals surface area contributed by atoms with Gasteiger partial charge in [-0.05, 0) is 24.6 Å². The van der Waals surface area contributed by atoms with Crippen molar-refractivity contribution in [1.82, 2.24) is 9.80 Å². The first kappa shape index (κ1) is 17.8. The van der Waals surface area contributed by atoms with Crippen LogP contribution in [0.25, 0.3) is 0 Å². The van der Waals surface area contributed by atoms with E-state index in [1.807, 2.05) is 11.8 Å². The van der Waals surface area contributed by atoms with Crippen LogP contribution in [0.4, 0.5) is 0 Å². The highest BCUT2D eigenvalue weighted by molar-refractivity contribution is 8.00. The topological polar surface area (TPSA) is 32.8 Å². The summed E-state index contributed by atoms with van der Waals surface area (Å²) < 4.78 is 4.78. The highest BCUT2D eigenvalue weighted by Crippen LogP contribution is 2.40. The normalized spacial score (nSPS) is 20.5. The van der Waals surface area contributed by atoms with E-state index in [-0.39, 0.29) is 5.97 Å². The summed E-state index contributed by atoms with van der Waals surface area (Å²) in [6.45, 7) is 10.3. The number of benzene rings is 1. The number of likely N-dealkylation sites (tertiary alicyclic amines) is 2. The third-order valence-corrected chi connectivity index (χ3v) is 6.07. The Balaban J connectivity index is 1.52. The number of hydrogen-bond acceptors (Lipinski definition) is 5. The summed E-state index contributed by atoms with van der Waals surface area (Å²) in [4.78, 5) is 17.6. The van der Waals surface area contributed by atoms with Gasteiger partial charge in [-0.3, -0.25) is 14.6 Å². The molecule has 132 valence electrons. The zero-order valence-corrected chi connectivity index (χ0v) is 15.8. The van der Waals surface area contributed by atoms with Crippen molar-refractivity contribution >= 4 is 17.7 Å². The Labute approximate surface area is 149 Å². The molecular weight excluding hydrogens is 320 g/mol. The molecule has 0 unspecified atom stereocenters. The van der Waals surface area contributed by atoms with E-state index in [0.717, 1.165) is 32.7 Å². The molecule has 2 heterocycles. The molecule has 4 nitrogen and oxygen atoms in total. The summed E-state index contributed by atoms with van der Waals surface area (Å²) in [6.07, 6.45) is 1.20. The number of hydrogen-bond donors (Lipinski definition) is 0. The number of carbonyl (C=O) groups is 1. The minimum absolute atomic E-state index is 0.122. The third kappa shape index (κ3) is 4.13. The zero-order valence-electron chi connectivity index (χ0n) is 15.0. The maximum Gasteiger partial charge on any atom is 0.319 e. The maximum absolute atomic E-state index is 11.4. The number of nitrogens with zero attached hydrogens (tertiary/aromatic N) is 2. The van der Waals surface area contributed by atoms with Crippen LogP contribution in [0, 0.1) is 5.41 Å². The Morgan fingerprint density at radius 1 is 1.25 bits per heavy atom. The van der Waals surface area contributed by atoms with Gasteiger partial charge < -0.3 is 4.74 Å². The second kappa shape index (κ2) is 7.46. The van der Waals surface area contributed by atoms with Gasteiger partial charge in [0.25, 0.3) is 0 Å². The molecule has 2 aliphatic rings.